The number of halogens is 1. The summed E-state index contributed by atoms with van der Waals surface area (Å²) in [5, 5.41) is 9.64. The third kappa shape index (κ3) is 4.00. The monoisotopic (exact) mass is 243 g/mol. The fourth-order valence-electron chi connectivity index (χ4n) is 1.26. The largest absolute Gasteiger partial charge is 0.492 e. The van der Waals surface area contributed by atoms with Crippen LogP contribution in [0.2, 0.25) is 5.02 Å². The third-order valence-corrected chi connectivity index (χ3v) is 2.57. The van der Waals surface area contributed by atoms with Crippen molar-refractivity contribution in [3.8, 4) is 5.75 Å². The maximum atomic E-state index is 9.09. The smallest absolute Gasteiger partial charge is 0.137 e. The molecule has 1 rings (SSSR count). The Morgan fingerprint density at radius 3 is 2.62 bits per heavy atom. The summed E-state index contributed by atoms with van der Waals surface area (Å²) in [6.45, 7) is 4.08. The number of benzene rings is 1. The van der Waals surface area contributed by atoms with Crippen LogP contribution in [-0.4, -0.2) is 17.8 Å². The van der Waals surface area contributed by atoms with Gasteiger partial charge in [0.1, 0.15) is 5.75 Å². The van der Waals surface area contributed by atoms with Crippen LogP contribution < -0.4 is 10.5 Å². The van der Waals surface area contributed by atoms with Crippen molar-refractivity contribution < 1.29 is 9.84 Å². The fourth-order valence-corrected chi connectivity index (χ4v) is 1.50. The Hall–Kier alpha value is -0.770. The summed E-state index contributed by atoms with van der Waals surface area (Å²) < 4.78 is 5.45. The van der Waals surface area contributed by atoms with E-state index in [-0.39, 0.29) is 12.1 Å². The van der Waals surface area contributed by atoms with E-state index in [2.05, 4.69) is 0 Å². The van der Waals surface area contributed by atoms with Crippen molar-refractivity contribution in [2.45, 2.75) is 32.4 Å². The van der Waals surface area contributed by atoms with Crippen molar-refractivity contribution in [1.29, 1.82) is 0 Å². The second-order valence-electron chi connectivity index (χ2n) is 3.96. The molecule has 1 aromatic rings. The first-order valence-corrected chi connectivity index (χ1v) is 5.74. The van der Waals surface area contributed by atoms with Gasteiger partial charge in [0.15, 0.2) is 0 Å². The average molecular weight is 244 g/mol. The molecule has 0 fully saturated rings. The van der Waals surface area contributed by atoms with E-state index in [0.717, 1.165) is 5.56 Å². The summed E-state index contributed by atoms with van der Waals surface area (Å²) in [7, 11) is 0. The van der Waals surface area contributed by atoms with E-state index in [9.17, 15) is 0 Å². The van der Waals surface area contributed by atoms with Crippen molar-refractivity contribution in [3.63, 3.8) is 0 Å². The highest BCUT2D eigenvalue weighted by molar-refractivity contribution is 6.32. The summed E-state index contributed by atoms with van der Waals surface area (Å²) in [5.41, 5.74) is 6.72. The maximum Gasteiger partial charge on any atom is 0.137 e. The Labute approximate surface area is 101 Å². The van der Waals surface area contributed by atoms with Gasteiger partial charge < -0.3 is 15.6 Å². The molecule has 0 aliphatic carbocycles. The van der Waals surface area contributed by atoms with Crippen LogP contribution in [0.4, 0.5) is 0 Å². The molecule has 2 unspecified atom stereocenters. The van der Waals surface area contributed by atoms with Gasteiger partial charge in [-0.15, -0.1) is 0 Å². The zero-order chi connectivity index (χ0) is 12.1. The average Bonchev–Trinajstić information content (AvgIpc) is 2.19. The molecular weight excluding hydrogens is 226 g/mol. The Bertz CT molecular complexity index is 340. The minimum absolute atomic E-state index is 0.0379. The Balaban J connectivity index is 2.61. The van der Waals surface area contributed by atoms with E-state index in [1.165, 1.54) is 0 Å². The molecule has 0 radical (unpaired) electrons. The Kier molecular flexibility index (Phi) is 5.06. The van der Waals surface area contributed by atoms with Crippen LogP contribution in [0.15, 0.2) is 18.2 Å². The van der Waals surface area contributed by atoms with E-state index < -0.39 is 0 Å². The topological polar surface area (TPSA) is 55.5 Å². The summed E-state index contributed by atoms with van der Waals surface area (Å²) in [6, 6.07) is 5.48. The third-order valence-electron chi connectivity index (χ3n) is 2.27. The van der Waals surface area contributed by atoms with Gasteiger partial charge in [-0.3, -0.25) is 0 Å². The minimum Gasteiger partial charge on any atom is -0.492 e. The van der Waals surface area contributed by atoms with Crippen LogP contribution in [0.3, 0.4) is 0 Å². The summed E-state index contributed by atoms with van der Waals surface area (Å²) >= 11 is 6.05. The quantitative estimate of drug-likeness (QED) is 0.836. The molecule has 0 saturated carbocycles. The first-order chi connectivity index (χ1) is 7.50. The SMILES string of the molecule is CC(O)CCOc1ccc(C(C)N)cc1Cl. The van der Waals surface area contributed by atoms with Crippen LogP contribution in [0.5, 0.6) is 5.75 Å². The maximum absolute atomic E-state index is 9.09. The molecule has 0 aromatic heterocycles. The lowest BCUT2D eigenvalue weighted by Crippen LogP contribution is -2.08. The summed E-state index contributed by atoms with van der Waals surface area (Å²) in [6.07, 6.45) is 0.230. The summed E-state index contributed by atoms with van der Waals surface area (Å²) in [4.78, 5) is 0. The molecule has 0 saturated heterocycles. The lowest BCUT2D eigenvalue weighted by molar-refractivity contribution is 0.155. The molecule has 0 heterocycles. The number of hydrogen-bond acceptors (Lipinski definition) is 3. The molecule has 0 bridgehead atoms. The van der Waals surface area contributed by atoms with Crippen LogP contribution in [0.25, 0.3) is 0 Å². The number of hydrogen-bond donors (Lipinski definition) is 2. The van der Waals surface area contributed by atoms with Crippen LogP contribution in [-0.2, 0) is 0 Å². The van der Waals surface area contributed by atoms with Crippen molar-refractivity contribution in [1.82, 2.24) is 0 Å². The fraction of sp³-hybridized carbons (Fsp3) is 0.500. The molecule has 0 aliphatic rings. The number of ether oxygens (including phenoxy) is 1. The van der Waals surface area contributed by atoms with Crippen LogP contribution in [0.1, 0.15) is 31.9 Å². The standard InChI is InChI=1S/C12H18ClNO2/c1-8(15)5-6-16-12-4-3-10(9(2)14)7-11(12)13/h3-4,7-9,15H,5-6,14H2,1-2H3. The Morgan fingerprint density at radius 1 is 1.44 bits per heavy atom. The highest BCUT2D eigenvalue weighted by Gasteiger charge is 2.06. The number of aliphatic hydroxyl groups excluding tert-OH is 1. The zero-order valence-electron chi connectivity index (χ0n) is 9.61. The molecule has 0 amide bonds. The van der Waals surface area contributed by atoms with Gasteiger partial charge in [-0.05, 0) is 31.5 Å². The Morgan fingerprint density at radius 2 is 2.12 bits per heavy atom. The van der Waals surface area contributed by atoms with Crippen LogP contribution >= 0.6 is 11.6 Å². The van der Waals surface area contributed by atoms with Gasteiger partial charge in [0.05, 0.1) is 17.7 Å². The molecule has 16 heavy (non-hydrogen) atoms. The molecule has 3 nitrogen and oxygen atoms in total. The van der Waals surface area contributed by atoms with Gasteiger partial charge in [0.25, 0.3) is 0 Å². The van der Waals surface area contributed by atoms with E-state index in [1.807, 2.05) is 25.1 Å². The lowest BCUT2D eigenvalue weighted by Gasteiger charge is -2.11. The van der Waals surface area contributed by atoms with E-state index in [0.29, 0.717) is 23.8 Å². The normalized spacial score (nSPS) is 14.6. The van der Waals surface area contributed by atoms with Gasteiger partial charge >= 0.3 is 0 Å². The molecule has 0 spiro atoms. The molecule has 3 N–H and O–H groups in total. The van der Waals surface area contributed by atoms with Crippen molar-refractivity contribution in [2.75, 3.05) is 6.61 Å². The number of rotatable bonds is 5. The second-order valence-corrected chi connectivity index (χ2v) is 4.37. The van der Waals surface area contributed by atoms with Crippen molar-refractivity contribution in [2.24, 2.45) is 5.73 Å². The molecule has 2 atom stereocenters. The predicted octanol–water partition coefficient (Wildman–Crippen LogP) is 2.51. The first-order valence-electron chi connectivity index (χ1n) is 5.36. The van der Waals surface area contributed by atoms with E-state index >= 15 is 0 Å². The van der Waals surface area contributed by atoms with E-state index in [1.54, 1.807) is 6.92 Å². The highest BCUT2D eigenvalue weighted by Crippen LogP contribution is 2.27. The highest BCUT2D eigenvalue weighted by atomic mass is 35.5. The van der Waals surface area contributed by atoms with Crippen molar-refractivity contribution >= 4 is 11.6 Å². The molecule has 0 aliphatic heterocycles. The molecule has 1 aromatic carbocycles. The van der Waals surface area contributed by atoms with Crippen LogP contribution in [0, 0.1) is 0 Å². The molecule has 4 heteroatoms. The van der Waals surface area contributed by atoms with Gasteiger partial charge in [-0.25, -0.2) is 0 Å². The predicted molar refractivity (Wildman–Crippen MR) is 65.8 cm³/mol. The second kappa shape index (κ2) is 6.09. The van der Waals surface area contributed by atoms with Crippen molar-refractivity contribution in [3.05, 3.63) is 28.8 Å². The summed E-state index contributed by atoms with van der Waals surface area (Å²) in [5.74, 6) is 0.631. The number of nitrogens with two attached hydrogens (primary N) is 1. The van der Waals surface area contributed by atoms with E-state index in [4.69, 9.17) is 27.2 Å². The minimum atomic E-state index is -0.359. The molecule has 90 valence electrons. The van der Waals surface area contributed by atoms with Gasteiger partial charge in [0.2, 0.25) is 0 Å². The molecular formula is C12H18ClNO2. The number of aliphatic hydroxyl groups is 1. The van der Waals surface area contributed by atoms with Gasteiger partial charge in [0, 0.05) is 12.5 Å². The van der Waals surface area contributed by atoms with Gasteiger partial charge in [-0.1, -0.05) is 17.7 Å². The van der Waals surface area contributed by atoms with Gasteiger partial charge in [-0.2, -0.15) is 0 Å². The first kappa shape index (κ1) is 13.3. The zero-order valence-corrected chi connectivity index (χ0v) is 10.4. The lowest BCUT2D eigenvalue weighted by atomic mass is 10.1.